The molecular weight excluding hydrogens is 548 g/mol. The molecule has 7 nitrogen and oxygen atoms in total. The summed E-state index contributed by atoms with van der Waals surface area (Å²) >= 11 is 0. The van der Waals surface area contributed by atoms with Gasteiger partial charge in [0.1, 0.15) is 16.3 Å². The fraction of sp³-hybridized carbons (Fsp3) is 0.294. The van der Waals surface area contributed by atoms with E-state index in [0.29, 0.717) is 29.6 Å². The second kappa shape index (κ2) is 12.0. The van der Waals surface area contributed by atoms with Gasteiger partial charge < -0.3 is 9.84 Å². The predicted octanol–water partition coefficient (Wildman–Crippen LogP) is 7.63. The number of aromatic nitrogens is 1. The van der Waals surface area contributed by atoms with Crippen LogP contribution in [0, 0.1) is 0 Å². The van der Waals surface area contributed by atoms with Crippen LogP contribution in [-0.4, -0.2) is 30.1 Å². The number of hydrogen-bond donors (Lipinski definition) is 2. The molecule has 5 rings (SSSR count). The topological polar surface area (TPSA) is 106 Å². The third kappa shape index (κ3) is 5.63. The molecule has 1 aliphatic heterocycles. The SMILES string of the molecule is CCCC1(C(C)c2ccccc2)CC(O)=C(C(CC)c2cccc(NS(=O)(=O)c3cccc4cccnc34)c2)C(=O)O1. The zero-order valence-corrected chi connectivity index (χ0v) is 24.9. The molecule has 0 radical (unpaired) electrons. The quantitative estimate of drug-likeness (QED) is 0.186. The van der Waals surface area contributed by atoms with E-state index in [4.69, 9.17) is 4.74 Å². The Morgan fingerprint density at radius 1 is 0.976 bits per heavy atom. The molecule has 1 aliphatic rings. The van der Waals surface area contributed by atoms with Crippen LogP contribution in [0.15, 0.2) is 107 Å². The molecule has 3 unspecified atom stereocenters. The highest BCUT2D eigenvalue weighted by Crippen LogP contribution is 2.46. The molecular formula is C34H36N2O5S. The van der Waals surface area contributed by atoms with E-state index in [1.807, 2.05) is 69.3 Å². The van der Waals surface area contributed by atoms with Crippen molar-refractivity contribution in [1.29, 1.82) is 0 Å². The first-order valence-electron chi connectivity index (χ1n) is 14.4. The molecule has 218 valence electrons. The van der Waals surface area contributed by atoms with Gasteiger partial charge in [-0.05, 0) is 48.2 Å². The molecule has 4 aromatic rings. The predicted molar refractivity (Wildman–Crippen MR) is 165 cm³/mol. The van der Waals surface area contributed by atoms with Crippen LogP contribution in [0.25, 0.3) is 10.9 Å². The fourth-order valence-electron chi connectivity index (χ4n) is 6.11. The van der Waals surface area contributed by atoms with Gasteiger partial charge >= 0.3 is 5.97 Å². The number of esters is 1. The Bertz CT molecular complexity index is 1730. The molecule has 3 aromatic carbocycles. The lowest BCUT2D eigenvalue weighted by molar-refractivity contribution is -0.163. The van der Waals surface area contributed by atoms with Crippen LogP contribution in [-0.2, 0) is 19.6 Å². The normalized spacial score (nSPS) is 18.9. The lowest BCUT2D eigenvalue weighted by Gasteiger charge is -2.42. The van der Waals surface area contributed by atoms with Crippen molar-refractivity contribution in [1.82, 2.24) is 4.98 Å². The van der Waals surface area contributed by atoms with Crippen molar-refractivity contribution in [3.05, 3.63) is 114 Å². The number of cyclic esters (lactones) is 1. The standard InChI is InChI=1S/C34H36N2O5S/c1-4-19-34(23(3)24-12-7-6-8-13-24)22-29(37)31(33(38)41-34)28(5-2)26-15-9-17-27(21-26)36-42(39,40)30-18-10-14-25-16-11-20-35-32(25)30/h6-18,20-21,23,28,36-37H,4-5,19,22H2,1-3H3. The monoisotopic (exact) mass is 584 g/mol. The number of fused-ring (bicyclic) bond motifs is 1. The van der Waals surface area contributed by atoms with Crippen LogP contribution < -0.4 is 4.72 Å². The van der Waals surface area contributed by atoms with Gasteiger partial charge in [-0.2, -0.15) is 0 Å². The van der Waals surface area contributed by atoms with Crippen LogP contribution in [0.5, 0.6) is 0 Å². The summed E-state index contributed by atoms with van der Waals surface area (Å²) in [6.45, 7) is 6.01. The Balaban J connectivity index is 1.46. The van der Waals surface area contributed by atoms with E-state index in [9.17, 15) is 18.3 Å². The number of hydrogen-bond acceptors (Lipinski definition) is 6. The van der Waals surface area contributed by atoms with E-state index in [-0.39, 0.29) is 28.6 Å². The molecule has 2 heterocycles. The van der Waals surface area contributed by atoms with Crippen molar-refractivity contribution in [2.45, 2.75) is 68.8 Å². The number of rotatable bonds is 10. The maximum atomic E-state index is 13.7. The summed E-state index contributed by atoms with van der Waals surface area (Å²) in [4.78, 5) is 18.0. The molecule has 1 aromatic heterocycles. The lowest BCUT2D eigenvalue weighted by atomic mass is 9.74. The number of benzene rings is 3. The Morgan fingerprint density at radius 2 is 1.69 bits per heavy atom. The maximum absolute atomic E-state index is 13.7. The van der Waals surface area contributed by atoms with Gasteiger partial charge in [-0.25, -0.2) is 13.2 Å². The number of aliphatic hydroxyl groups is 1. The summed E-state index contributed by atoms with van der Waals surface area (Å²) in [6.07, 6.45) is 3.69. The minimum atomic E-state index is -3.96. The first-order chi connectivity index (χ1) is 20.2. The first kappa shape index (κ1) is 29.3. The highest BCUT2D eigenvalue weighted by Gasteiger charge is 2.47. The molecule has 0 bridgehead atoms. The third-order valence-corrected chi connectivity index (χ3v) is 9.65. The first-order valence-corrected chi connectivity index (χ1v) is 15.8. The molecule has 0 amide bonds. The fourth-order valence-corrected chi connectivity index (χ4v) is 7.34. The minimum Gasteiger partial charge on any atom is -0.512 e. The van der Waals surface area contributed by atoms with Gasteiger partial charge in [-0.15, -0.1) is 0 Å². The number of nitrogens with zero attached hydrogens (tertiary/aromatic N) is 1. The second-order valence-electron chi connectivity index (χ2n) is 10.9. The Kier molecular flexibility index (Phi) is 8.36. The number of sulfonamides is 1. The molecule has 0 saturated heterocycles. The summed E-state index contributed by atoms with van der Waals surface area (Å²) < 4.78 is 35.7. The molecule has 0 aliphatic carbocycles. The van der Waals surface area contributed by atoms with Crippen LogP contribution in [0.2, 0.25) is 0 Å². The van der Waals surface area contributed by atoms with Crippen molar-refractivity contribution in [3.63, 3.8) is 0 Å². The van der Waals surface area contributed by atoms with E-state index in [1.54, 1.807) is 36.5 Å². The number of para-hydroxylation sites is 1. The molecule has 0 spiro atoms. The summed E-state index contributed by atoms with van der Waals surface area (Å²) in [5, 5.41) is 12.1. The summed E-state index contributed by atoms with van der Waals surface area (Å²) in [5.41, 5.74) is 1.84. The van der Waals surface area contributed by atoms with Gasteiger partial charge in [-0.1, -0.05) is 87.9 Å². The number of nitrogens with one attached hydrogen (secondary N) is 1. The minimum absolute atomic E-state index is 0.0298. The smallest absolute Gasteiger partial charge is 0.338 e. The van der Waals surface area contributed by atoms with E-state index < -0.39 is 27.5 Å². The Hall–Kier alpha value is -4.17. The van der Waals surface area contributed by atoms with Crippen molar-refractivity contribution in [2.75, 3.05) is 4.72 Å². The van der Waals surface area contributed by atoms with Gasteiger partial charge in [0.05, 0.1) is 11.1 Å². The van der Waals surface area contributed by atoms with Crippen LogP contribution in [0.4, 0.5) is 5.69 Å². The highest BCUT2D eigenvalue weighted by molar-refractivity contribution is 7.93. The molecule has 0 saturated carbocycles. The average molecular weight is 585 g/mol. The van der Waals surface area contributed by atoms with Crippen molar-refractivity contribution < 1.29 is 23.1 Å². The van der Waals surface area contributed by atoms with Crippen molar-refractivity contribution >= 4 is 32.6 Å². The van der Waals surface area contributed by atoms with Crippen LogP contribution in [0.3, 0.4) is 0 Å². The van der Waals surface area contributed by atoms with Gasteiger partial charge in [0.2, 0.25) is 0 Å². The summed E-state index contributed by atoms with van der Waals surface area (Å²) in [5.74, 6) is -1.10. The van der Waals surface area contributed by atoms with E-state index in [1.165, 1.54) is 6.07 Å². The Labute approximate surface area is 247 Å². The zero-order valence-electron chi connectivity index (χ0n) is 24.1. The lowest BCUT2D eigenvalue weighted by Crippen LogP contribution is -2.45. The van der Waals surface area contributed by atoms with Crippen LogP contribution >= 0.6 is 0 Å². The van der Waals surface area contributed by atoms with Crippen molar-refractivity contribution in [3.8, 4) is 0 Å². The number of pyridine rings is 1. The number of carbonyl (C=O) groups is 1. The third-order valence-electron chi connectivity index (χ3n) is 8.24. The number of ether oxygens (including phenoxy) is 1. The maximum Gasteiger partial charge on any atom is 0.338 e. The van der Waals surface area contributed by atoms with Gasteiger partial charge in [0, 0.05) is 35.5 Å². The number of aliphatic hydroxyl groups excluding tert-OH is 1. The molecule has 3 atom stereocenters. The van der Waals surface area contributed by atoms with Crippen LogP contribution in [0.1, 0.15) is 69.4 Å². The highest BCUT2D eigenvalue weighted by atomic mass is 32.2. The molecule has 42 heavy (non-hydrogen) atoms. The molecule has 2 N–H and O–H groups in total. The van der Waals surface area contributed by atoms with E-state index in [0.717, 1.165) is 17.4 Å². The average Bonchev–Trinajstić information content (AvgIpc) is 2.98. The largest absolute Gasteiger partial charge is 0.512 e. The van der Waals surface area contributed by atoms with Gasteiger partial charge in [0.25, 0.3) is 10.0 Å². The van der Waals surface area contributed by atoms with Gasteiger partial charge in [0.15, 0.2) is 0 Å². The Morgan fingerprint density at radius 3 is 2.40 bits per heavy atom. The number of carbonyl (C=O) groups excluding carboxylic acids is 1. The molecule has 0 fully saturated rings. The molecule has 8 heteroatoms. The van der Waals surface area contributed by atoms with Gasteiger partial charge in [-0.3, -0.25) is 9.71 Å². The second-order valence-corrected chi connectivity index (χ2v) is 12.5. The summed E-state index contributed by atoms with van der Waals surface area (Å²) in [6, 6.07) is 25.4. The number of anilines is 1. The van der Waals surface area contributed by atoms with E-state index >= 15 is 0 Å². The summed E-state index contributed by atoms with van der Waals surface area (Å²) in [7, 11) is -3.96. The zero-order chi connectivity index (χ0) is 29.9. The van der Waals surface area contributed by atoms with E-state index in [2.05, 4.69) is 9.71 Å². The van der Waals surface area contributed by atoms with Crippen molar-refractivity contribution in [2.24, 2.45) is 0 Å².